The number of carbonyl (C=O) groups is 1. The molecule has 5 heteroatoms. The van der Waals surface area contributed by atoms with E-state index in [4.69, 9.17) is 10.5 Å². The molecule has 1 aliphatic heterocycles. The summed E-state index contributed by atoms with van der Waals surface area (Å²) in [4.78, 5) is 10.8. The van der Waals surface area contributed by atoms with Crippen LogP contribution in [0.5, 0.6) is 0 Å². The lowest BCUT2D eigenvalue weighted by Crippen LogP contribution is -2.51. The van der Waals surface area contributed by atoms with Crippen LogP contribution in [-0.2, 0) is 9.53 Å². The van der Waals surface area contributed by atoms with Crippen molar-refractivity contribution in [3.05, 3.63) is 0 Å². The summed E-state index contributed by atoms with van der Waals surface area (Å²) < 4.78 is 5.41. The molecule has 3 atom stereocenters. The number of nitrogens with one attached hydrogen (secondary N) is 1. The second-order valence-corrected chi connectivity index (χ2v) is 5.06. The van der Waals surface area contributed by atoms with E-state index < -0.39 is 12.1 Å². The van der Waals surface area contributed by atoms with Gasteiger partial charge in [0.05, 0.1) is 13.2 Å². The number of hydrogen-bond acceptors (Lipinski definition) is 4. The first-order chi connectivity index (χ1) is 7.38. The minimum absolute atomic E-state index is 0.0163. The van der Waals surface area contributed by atoms with E-state index in [0.717, 1.165) is 6.42 Å². The van der Waals surface area contributed by atoms with Gasteiger partial charge in [-0.2, -0.15) is 0 Å². The van der Waals surface area contributed by atoms with Gasteiger partial charge in [0, 0.05) is 12.0 Å². The highest BCUT2D eigenvalue weighted by Crippen LogP contribution is 2.36. The highest BCUT2D eigenvalue weighted by atomic mass is 16.5. The van der Waals surface area contributed by atoms with Gasteiger partial charge in [-0.1, -0.05) is 27.2 Å². The number of carbonyl (C=O) groups excluding carboxylic acids is 1. The molecule has 0 radical (unpaired) electrons. The molecule has 0 spiro atoms. The third kappa shape index (κ3) is 2.93. The topological polar surface area (TPSA) is 84.6 Å². The van der Waals surface area contributed by atoms with Crippen LogP contribution in [0.1, 0.15) is 27.2 Å². The molecule has 1 unspecified atom stereocenters. The first-order valence-corrected chi connectivity index (χ1v) is 5.69. The zero-order valence-corrected chi connectivity index (χ0v) is 10.2. The van der Waals surface area contributed by atoms with Crippen LogP contribution < -0.4 is 11.1 Å². The predicted octanol–water partition coefficient (Wildman–Crippen LogP) is -0.169. The van der Waals surface area contributed by atoms with Crippen molar-refractivity contribution in [2.75, 3.05) is 13.2 Å². The van der Waals surface area contributed by atoms with Gasteiger partial charge in [-0.15, -0.1) is 0 Å². The Bertz CT molecular complexity index is 256. The Kier molecular flexibility index (Phi) is 4.29. The van der Waals surface area contributed by atoms with Crippen molar-refractivity contribution in [3.63, 3.8) is 0 Å². The fraction of sp³-hybridized carbons (Fsp3) is 0.909. The van der Waals surface area contributed by atoms with E-state index in [1.54, 1.807) is 0 Å². The van der Waals surface area contributed by atoms with Gasteiger partial charge in [0.2, 0.25) is 0 Å². The van der Waals surface area contributed by atoms with Crippen molar-refractivity contribution in [2.24, 2.45) is 17.1 Å². The molecule has 0 bridgehead atoms. The van der Waals surface area contributed by atoms with Gasteiger partial charge in [0.15, 0.2) is 6.23 Å². The predicted molar refractivity (Wildman–Crippen MR) is 60.5 cm³/mol. The van der Waals surface area contributed by atoms with Gasteiger partial charge < -0.3 is 15.6 Å². The summed E-state index contributed by atoms with van der Waals surface area (Å²) >= 11 is 0. The monoisotopic (exact) mass is 230 g/mol. The fourth-order valence-corrected chi connectivity index (χ4v) is 2.04. The molecule has 1 saturated heterocycles. The number of nitrogens with two attached hydrogens (primary N) is 1. The van der Waals surface area contributed by atoms with Crippen LogP contribution >= 0.6 is 0 Å². The Balaban J connectivity index is 2.62. The van der Waals surface area contributed by atoms with Crippen molar-refractivity contribution in [3.8, 4) is 0 Å². The second-order valence-electron chi connectivity index (χ2n) is 5.06. The minimum atomic E-state index is -1.29. The summed E-state index contributed by atoms with van der Waals surface area (Å²) in [5.74, 6) is -0.466. The lowest BCUT2D eigenvalue weighted by atomic mass is 9.74. The largest absolute Gasteiger partial charge is 0.379 e. The standard InChI is InChI=1S/C11H22N2O3/c1-4-11(2,3)7-5-16-6-8(7)13-10(15)9(12)14/h7-8,10,13,15H,4-6H2,1-3H3,(H2,12,14)/t7-,8-,10?/m0/s1. The van der Waals surface area contributed by atoms with Crippen molar-refractivity contribution in [1.82, 2.24) is 5.32 Å². The third-order valence-electron chi connectivity index (χ3n) is 3.64. The number of rotatable bonds is 5. The van der Waals surface area contributed by atoms with Crippen LogP contribution in [0, 0.1) is 11.3 Å². The van der Waals surface area contributed by atoms with E-state index in [9.17, 15) is 9.90 Å². The first-order valence-electron chi connectivity index (χ1n) is 5.69. The maximum absolute atomic E-state index is 10.8. The van der Waals surface area contributed by atoms with Gasteiger partial charge in [-0.25, -0.2) is 0 Å². The second kappa shape index (κ2) is 5.12. The van der Waals surface area contributed by atoms with E-state index >= 15 is 0 Å². The fourth-order valence-electron chi connectivity index (χ4n) is 2.04. The quantitative estimate of drug-likeness (QED) is 0.573. The molecule has 94 valence electrons. The van der Waals surface area contributed by atoms with Crippen LogP contribution in [0.15, 0.2) is 0 Å². The normalized spacial score (nSPS) is 28.0. The van der Waals surface area contributed by atoms with Gasteiger partial charge in [0.1, 0.15) is 0 Å². The highest BCUT2D eigenvalue weighted by molar-refractivity contribution is 5.78. The molecule has 0 aromatic heterocycles. The summed E-state index contributed by atoms with van der Waals surface area (Å²) in [6, 6.07) is -0.0163. The third-order valence-corrected chi connectivity index (χ3v) is 3.64. The van der Waals surface area contributed by atoms with Gasteiger partial charge in [-0.3, -0.25) is 10.1 Å². The van der Waals surface area contributed by atoms with E-state index in [0.29, 0.717) is 13.2 Å². The average molecular weight is 230 g/mol. The van der Waals surface area contributed by atoms with E-state index in [1.807, 2.05) is 0 Å². The Morgan fingerprint density at radius 2 is 2.25 bits per heavy atom. The molecule has 1 heterocycles. The Morgan fingerprint density at radius 1 is 1.62 bits per heavy atom. The number of aliphatic hydroxyl groups is 1. The number of hydrogen-bond donors (Lipinski definition) is 3. The minimum Gasteiger partial charge on any atom is -0.379 e. The summed E-state index contributed by atoms with van der Waals surface area (Å²) in [6.07, 6.45) is -0.270. The summed E-state index contributed by atoms with van der Waals surface area (Å²) in [5.41, 5.74) is 5.13. The molecule has 5 nitrogen and oxygen atoms in total. The summed E-state index contributed by atoms with van der Waals surface area (Å²) in [7, 11) is 0. The smallest absolute Gasteiger partial charge is 0.261 e. The molecular weight excluding hydrogens is 208 g/mol. The van der Waals surface area contributed by atoms with Crippen LogP contribution in [0.3, 0.4) is 0 Å². The SMILES string of the molecule is CCC(C)(C)[C@H]1COC[C@@H]1NC(O)C(N)=O. The maximum atomic E-state index is 10.8. The molecule has 1 aliphatic rings. The molecule has 1 amide bonds. The van der Waals surface area contributed by atoms with Crippen LogP contribution in [-0.4, -0.2) is 36.5 Å². The van der Waals surface area contributed by atoms with Gasteiger partial charge in [0.25, 0.3) is 5.91 Å². The van der Waals surface area contributed by atoms with Crippen LogP contribution in [0.2, 0.25) is 0 Å². The maximum Gasteiger partial charge on any atom is 0.261 e. The molecule has 0 aromatic rings. The molecule has 0 aromatic carbocycles. The van der Waals surface area contributed by atoms with Gasteiger partial charge in [-0.05, 0) is 5.41 Å². The molecule has 1 fully saturated rings. The number of ether oxygens (including phenoxy) is 1. The van der Waals surface area contributed by atoms with E-state index in [1.165, 1.54) is 0 Å². The Hall–Kier alpha value is -0.650. The molecule has 16 heavy (non-hydrogen) atoms. The number of amides is 1. The number of aliphatic hydroxyl groups excluding tert-OH is 1. The number of primary amides is 1. The van der Waals surface area contributed by atoms with Crippen molar-refractivity contribution in [2.45, 2.75) is 39.5 Å². The molecular formula is C11H22N2O3. The summed E-state index contributed by atoms with van der Waals surface area (Å²) in [5, 5.41) is 12.2. The van der Waals surface area contributed by atoms with E-state index in [2.05, 4.69) is 26.1 Å². The molecule has 0 aliphatic carbocycles. The van der Waals surface area contributed by atoms with Crippen LogP contribution in [0.25, 0.3) is 0 Å². The zero-order valence-electron chi connectivity index (χ0n) is 10.2. The van der Waals surface area contributed by atoms with Gasteiger partial charge >= 0.3 is 0 Å². The Morgan fingerprint density at radius 3 is 2.75 bits per heavy atom. The highest BCUT2D eigenvalue weighted by Gasteiger charge is 2.39. The molecule has 4 N–H and O–H groups in total. The van der Waals surface area contributed by atoms with Crippen molar-refractivity contribution >= 4 is 5.91 Å². The molecule has 0 saturated carbocycles. The van der Waals surface area contributed by atoms with Crippen molar-refractivity contribution in [1.29, 1.82) is 0 Å². The zero-order chi connectivity index (χ0) is 12.3. The average Bonchev–Trinajstić information content (AvgIpc) is 2.66. The van der Waals surface area contributed by atoms with Crippen molar-refractivity contribution < 1.29 is 14.6 Å². The van der Waals surface area contributed by atoms with Crippen LogP contribution in [0.4, 0.5) is 0 Å². The first kappa shape index (κ1) is 13.4. The Labute approximate surface area is 96.3 Å². The lowest BCUT2D eigenvalue weighted by Gasteiger charge is -2.34. The summed E-state index contributed by atoms with van der Waals surface area (Å²) in [6.45, 7) is 7.62. The molecule has 1 rings (SSSR count). The lowest BCUT2D eigenvalue weighted by molar-refractivity contribution is -0.128. The van der Waals surface area contributed by atoms with E-state index in [-0.39, 0.29) is 17.4 Å².